The van der Waals surface area contributed by atoms with E-state index in [1.54, 1.807) is 43.6 Å². The number of hydrogen-bond acceptors (Lipinski definition) is 12. The van der Waals surface area contributed by atoms with E-state index in [4.69, 9.17) is 47.1 Å². The Bertz CT molecular complexity index is 2800. The van der Waals surface area contributed by atoms with Gasteiger partial charge in [-0.05, 0) is 90.7 Å². The number of aliphatic carboxylic acids is 1. The molecule has 4 bridgehead atoms. The van der Waals surface area contributed by atoms with Crippen LogP contribution in [0.4, 0.5) is 4.39 Å². The fourth-order valence-corrected chi connectivity index (χ4v) is 9.82. The summed E-state index contributed by atoms with van der Waals surface area (Å²) in [7, 11) is 3.72. The number of hydrogen-bond donors (Lipinski definition) is 1. The Labute approximate surface area is 383 Å². The summed E-state index contributed by atoms with van der Waals surface area (Å²) >= 11 is 15.6. The molecule has 1 N–H and O–H groups in total. The molecule has 3 aromatic heterocycles. The molecule has 10 rings (SSSR count). The third kappa shape index (κ3) is 9.47. The lowest BCUT2D eigenvalue weighted by molar-refractivity contribution is -0.145. The van der Waals surface area contributed by atoms with Crippen molar-refractivity contribution in [2.45, 2.75) is 38.1 Å². The van der Waals surface area contributed by atoms with Crippen molar-refractivity contribution in [1.82, 2.24) is 29.7 Å². The van der Waals surface area contributed by atoms with Crippen molar-refractivity contribution in [2.24, 2.45) is 0 Å². The van der Waals surface area contributed by atoms with E-state index < -0.39 is 17.9 Å². The SMILES string of the molecule is COc1ccccc1-c1nccc(COc2ccc3cc2C[C@H](C(=O)O)Oc2ncnc4sc(-c5ccc(F)cc5)c(c24)-c2cc(Cl)c(c(Cl)c2)O[C@@H](CN2CCN(C)CC2)CC3)n1. The van der Waals surface area contributed by atoms with Gasteiger partial charge >= 0.3 is 5.97 Å². The van der Waals surface area contributed by atoms with E-state index in [1.165, 1.54) is 29.8 Å². The number of nitrogens with zero attached hydrogens (tertiary/aromatic N) is 6. The predicted octanol–water partition coefficient (Wildman–Crippen LogP) is 9.53. The molecule has 0 radical (unpaired) electrons. The van der Waals surface area contributed by atoms with Gasteiger partial charge in [0, 0.05) is 55.8 Å². The van der Waals surface area contributed by atoms with Gasteiger partial charge in [-0.3, -0.25) is 4.90 Å². The maximum absolute atomic E-state index is 14.2. The Morgan fingerprint density at radius 2 is 1.70 bits per heavy atom. The number of carbonyl (C=O) groups is 1. The van der Waals surface area contributed by atoms with E-state index in [0.717, 1.165) is 37.3 Å². The highest BCUT2D eigenvalue weighted by molar-refractivity contribution is 7.22. The lowest BCUT2D eigenvalue weighted by Gasteiger charge is -2.35. The summed E-state index contributed by atoms with van der Waals surface area (Å²) in [5.41, 5.74) is 4.81. The van der Waals surface area contributed by atoms with E-state index in [1.807, 2.05) is 42.5 Å². The molecule has 2 atom stereocenters. The van der Waals surface area contributed by atoms with E-state index in [9.17, 15) is 14.3 Å². The Kier molecular flexibility index (Phi) is 12.9. The molecule has 1 fully saturated rings. The molecule has 4 aromatic carbocycles. The number of thiophene rings is 1. The van der Waals surface area contributed by atoms with E-state index >= 15 is 0 Å². The van der Waals surface area contributed by atoms with Crippen molar-refractivity contribution >= 4 is 50.7 Å². The number of aromatic nitrogens is 4. The summed E-state index contributed by atoms with van der Waals surface area (Å²) in [6, 6.07) is 24.7. The Morgan fingerprint density at radius 1 is 0.922 bits per heavy atom. The van der Waals surface area contributed by atoms with Crippen LogP contribution in [-0.4, -0.2) is 99.9 Å². The maximum Gasteiger partial charge on any atom is 0.345 e. The van der Waals surface area contributed by atoms with E-state index in [2.05, 4.69) is 31.8 Å². The minimum Gasteiger partial charge on any atom is -0.496 e. The van der Waals surface area contributed by atoms with Gasteiger partial charge < -0.3 is 29.0 Å². The number of carboxylic acids is 1. The first-order valence-corrected chi connectivity index (χ1v) is 22.4. The highest BCUT2D eigenvalue weighted by Gasteiger charge is 2.30. The average Bonchev–Trinajstić information content (AvgIpc) is 3.70. The second kappa shape index (κ2) is 19.1. The molecule has 16 heteroatoms. The number of para-hydroxylation sites is 1. The molecule has 0 spiro atoms. The second-order valence-corrected chi connectivity index (χ2v) is 17.6. The van der Waals surface area contributed by atoms with Crippen LogP contribution in [0.25, 0.3) is 43.2 Å². The van der Waals surface area contributed by atoms with Gasteiger partial charge in [0.05, 0.1) is 33.8 Å². The number of carboxylic acid groups (broad SMARTS) is 1. The molecule has 0 amide bonds. The number of piperazine rings is 1. The zero-order chi connectivity index (χ0) is 44.3. The normalized spacial score (nSPS) is 17.1. The summed E-state index contributed by atoms with van der Waals surface area (Å²) in [5.74, 6) is 0.405. The number of ether oxygens (including phenoxy) is 4. The summed E-state index contributed by atoms with van der Waals surface area (Å²) in [4.78, 5) is 37.5. The highest BCUT2D eigenvalue weighted by atomic mass is 35.5. The van der Waals surface area contributed by atoms with Crippen molar-refractivity contribution in [3.63, 3.8) is 0 Å². The minimum absolute atomic E-state index is 0.0459. The van der Waals surface area contributed by atoms with Crippen molar-refractivity contribution in [3.8, 4) is 56.1 Å². The quantitative estimate of drug-likeness (QED) is 0.148. The van der Waals surface area contributed by atoms with Gasteiger partial charge in [-0.2, -0.15) is 0 Å². The molecular formula is C48H43Cl2FN6O6S. The molecule has 0 saturated carbocycles. The van der Waals surface area contributed by atoms with Crippen molar-refractivity contribution in [3.05, 3.63) is 130 Å². The number of fused-ring (bicyclic) bond motifs is 7. The van der Waals surface area contributed by atoms with Crippen LogP contribution in [0.2, 0.25) is 10.0 Å². The molecule has 3 aliphatic rings. The third-order valence-electron chi connectivity index (χ3n) is 11.4. The zero-order valence-electron chi connectivity index (χ0n) is 35.0. The first-order valence-electron chi connectivity index (χ1n) is 20.8. The average molecular weight is 922 g/mol. The van der Waals surface area contributed by atoms with Crippen LogP contribution >= 0.6 is 34.5 Å². The molecule has 6 heterocycles. The van der Waals surface area contributed by atoms with Gasteiger partial charge in [0.25, 0.3) is 0 Å². The molecule has 0 aliphatic carbocycles. The van der Waals surface area contributed by atoms with Gasteiger partial charge in [0.15, 0.2) is 11.6 Å². The maximum atomic E-state index is 14.2. The minimum atomic E-state index is -1.41. The van der Waals surface area contributed by atoms with Gasteiger partial charge in [0.1, 0.15) is 41.2 Å². The predicted molar refractivity (Wildman–Crippen MR) is 245 cm³/mol. The standard InChI is InChI=1S/C48H43Cl2FN6O6S/c1-56-17-19-57(20-18-56)25-34-13-7-28-8-14-38(61-26-33-15-16-52-45(55-33)35-5-3-4-6-39(35)60-2)30(21-28)24-40(48(58)59)63-46-42-41(31-22-36(49)43(62-34)37(50)23-31)44(64-47(42)54-27-53-46)29-9-11-32(51)12-10-29/h3-6,8-12,14-16,21-23,27,34,40H,7,13,17-20,24-26H2,1-2H3,(H,58,59)/t34-,40-/m1/s1. The molecular weight excluding hydrogens is 879 g/mol. The smallest absolute Gasteiger partial charge is 0.345 e. The van der Waals surface area contributed by atoms with Gasteiger partial charge in [-0.1, -0.05) is 59.6 Å². The number of rotatable bonds is 9. The number of aryl methyl sites for hydroxylation is 1. The lowest BCUT2D eigenvalue weighted by Crippen LogP contribution is -2.48. The summed E-state index contributed by atoms with van der Waals surface area (Å²) in [6.45, 7) is 4.37. The Balaban J connectivity index is 1.13. The molecule has 7 aromatic rings. The van der Waals surface area contributed by atoms with Crippen LogP contribution in [0.15, 0.2) is 97.5 Å². The number of methoxy groups -OCH3 is 1. The van der Waals surface area contributed by atoms with E-state index in [0.29, 0.717) is 95.5 Å². The number of halogens is 3. The Hall–Kier alpha value is -5.90. The fraction of sp³-hybridized carbons (Fsp3) is 0.271. The molecule has 0 unspecified atom stereocenters. The summed E-state index contributed by atoms with van der Waals surface area (Å²) in [6.07, 6.45) is 2.41. The van der Waals surface area contributed by atoms with Crippen molar-refractivity contribution < 1.29 is 33.2 Å². The van der Waals surface area contributed by atoms with Gasteiger partial charge in [-0.15, -0.1) is 11.3 Å². The lowest BCUT2D eigenvalue weighted by atomic mass is 9.99. The molecule has 12 nitrogen and oxygen atoms in total. The number of benzene rings is 4. The van der Waals surface area contributed by atoms with Crippen LogP contribution in [0.3, 0.4) is 0 Å². The van der Waals surface area contributed by atoms with Crippen LogP contribution in [-0.2, 0) is 24.2 Å². The first-order chi connectivity index (χ1) is 31.1. The van der Waals surface area contributed by atoms with E-state index in [-0.39, 0.29) is 25.0 Å². The molecule has 3 aliphatic heterocycles. The van der Waals surface area contributed by atoms with Crippen LogP contribution in [0, 0.1) is 5.82 Å². The summed E-state index contributed by atoms with van der Waals surface area (Å²) < 4.78 is 39.5. The van der Waals surface area contributed by atoms with Gasteiger partial charge in [-0.25, -0.2) is 29.1 Å². The highest BCUT2D eigenvalue weighted by Crippen LogP contribution is 2.49. The molecule has 1 saturated heterocycles. The molecule has 328 valence electrons. The third-order valence-corrected chi connectivity index (χ3v) is 13.1. The Morgan fingerprint density at radius 3 is 2.47 bits per heavy atom. The van der Waals surface area contributed by atoms with Crippen LogP contribution < -0.4 is 18.9 Å². The monoisotopic (exact) mass is 920 g/mol. The zero-order valence-corrected chi connectivity index (χ0v) is 37.3. The van der Waals surface area contributed by atoms with Crippen molar-refractivity contribution in [1.29, 1.82) is 0 Å². The van der Waals surface area contributed by atoms with Crippen LogP contribution in [0.5, 0.6) is 23.1 Å². The molecule has 64 heavy (non-hydrogen) atoms. The topological polar surface area (TPSA) is 132 Å². The van der Waals surface area contributed by atoms with Crippen LogP contribution in [0.1, 0.15) is 23.2 Å². The van der Waals surface area contributed by atoms with Gasteiger partial charge in [0.2, 0.25) is 12.0 Å². The first kappa shape index (κ1) is 43.4. The summed E-state index contributed by atoms with van der Waals surface area (Å²) in [5, 5.41) is 11.9. The number of likely N-dealkylation sites (N-methyl/N-ethyl adjacent to an activating group) is 1. The van der Waals surface area contributed by atoms with Crippen molar-refractivity contribution in [2.75, 3.05) is 46.9 Å². The largest absolute Gasteiger partial charge is 0.496 e. The second-order valence-electron chi connectivity index (χ2n) is 15.8. The fourth-order valence-electron chi connectivity index (χ4n) is 8.08.